The summed E-state index contributed by atoms with van der Waals surface area (Å²) in [7, 11) is 3.57. The second-order valence-corrected chi connectivity index (χ2v) is 8.24. The number of ether oxygens (including phenoxy) is 1. The van der Waals surface area contributed by atoms with Gasteiger partial charge in [-0.25, -0.2) is 0 Å². The number of hydrogen-bond acceptors (Lipinski definition) is 4. The molecule has 5 nitrogen and oxygen atoms in total. The van der Waals surface area contributed by atoms with Gasteiger partial charge >= 0.3 is 0 Å². The van der Waals surface area contributed by atoms with Gasteiger partial charge in [-0.3, -0.25) is 4.99 Å². The topological polar surface area (TPSA) is 48.9 Å². The average molecular weight is 413 g/mol. The van der Waals surface area contributed by atoms with Crippen molar-refractivity contribution in [2.24, 2.45) is 10.9 Å². The Hall–Kier alpha value is -2.34. The third-order valence-corrected chi connectivity index (χ3v) is 6.20. The molecule has 0 spiro atoms. The third kappa shape index (κ3) is 5.60. The molecule has 0 bridgehead atoms. The number of hydrogen-bond donors (Lipinski definition) is 2. The SMILES string of the molecule is CN=C(NCc1ccc(C)cc1SC)NCC1CCN(c2ccccc2OC)C1. The summed E-state index contributed by atoms with van der Waals surface area (Å²) in [4.78, 5) is 8.13. The van der Waals surface area contributed by atoms with Crippen LogP contribution < -0.4 is 20.3 Å². The normalized spacial score (nSPS) is 16.8. The number of thioether (sulfide) groups is 1. The van der Waals surface area contributed by atoms with E-state index in [1.807, 2.05) is 19.2 Å². The average Bonchev–Trinajstić information content (AvgIpc) is 3.23. The summed E-state index contributed by atoms with van der Waals surface area (Å²) in [5, 5.41) is 6.96. The summed E-state index contributed by atoms with van der Waals surface area (Å²) >= 11 is 1.79. The molecule has 2 N–H and O–H groups in total. The van der Waals surface area contributed by atoms with E-state index in [4.69, 9.17) is 4.74 Å². The summed E-state index contributed by atoms with van der Waals surface area (Å²) in [6, 6.07) is 14.9. The first kappa shape index (κ1) is 21.4. The van der Waals surface area contributed by atoms with E-state index in [1.165, 1.54) is 21.7 Å². The van der Waals surface area contributed by atoms with Crippen LogP contribution in [0.1, 0.15) is 17.5 Å². The Labute approximate surface area is 178 Å². The Bertz CT molecular complexity index is 839. The van der Waals surface area contributed by atoms with Gasteiger partial charge in [0.25, 0.3) is 0 Å². The monoisotopic (exact) mass is 412 g/mol. The molecule has 6 heteroatoms. The molecule has 1 aliphatic rings. The van der Waals surface area contributed by atoms with Crippen molar-refractivity contribution in [2.45, 2.75) is 24.8 Å². The molecular formula is C23H32N4OS. The third-order valence-electron chi connectivity index (χ3n) is 5.38. The van der Waals surface area contributed by atoms with Crippen LogP contribution in [0.2, 0.25) is 0 Å². The van der Waals surface area contributed by atoms with Crippen molar-refractivity contribution < 1.29 is 4.74 Å². The van der Waals surface area contributed by atoms with Crippen molar-refractivity contribution in [1.82, 2.24) is 10.6 Å². The maximum atomic E-state index is 5.52. The molecule has 3 rings (SSSR count). The van der Waals surface area contributed by atoms with Gasteiger partial charge in [-0.1, -0.05) is 24.3 Å². The van der Waals surface area contributed by atoms with Crippen LogP contribution in [0.4, 0.5) is 5.69 Å². The van der Waals surface area contributed by atoms with Gasteiger partial charge in [-0.05, 0) is 54.8 Å². The lowest BCUT2D eigenvalue weighted by Gasteiger charge is -2.21. The molecule has 1 heterocycles. The molecule has 1 unspecified atom stereocenters. The molecular weight excluding hydrogens is 380 g/mol. The zero-order chi connectivity index (χ0) is 20.6. The van der Waals surface area contributed by atoms with Crippen molar-refractivity contribution in [2.75, 3.05) is 44.9 Å². The van der Waals surface area contributed by atoms with Gasteiger partial charge in [0.2, 0.25) is 0 Å². The Morgan fingerprint density at radius 1 is 1.24 bits per heavy atom. The van der Waals surface area contributed by atoms with Crippen LogP contribution in [0.25, 0.3) is 0 Å². The van der Waals surface area contributed by atoms with Gasteiger partial charge < -0.3 is 20.3 Å². The fourth-order valence-corrected chi connectivity index (χ4v) is 4.45. The van der Waals surface area contributed by atoms with Crippen molar-refractivity contribution in [3.8, 4) is 5.75 Å². The second-order valence-electron chi connectivity index (χ2n) is 7.39. The fraction of sp³-hybridized carbons (Fsp3) is 0.435. The number of rotatable bonds is 7. The molecule has 2 aromatic rings. The number of para-hydroxylation sites is 2. The van der Waals surface area contributed by atoms with Gasteiger partial charge in [0.1, 0.15) is 5.75 Å². The zero-order valence-electron chi connectivity index (χ0n) is 17.9. The van der Waals surface area contributed by atoms with E-state index in [1.54, 1.807) is 18.9 Å². The van der Waals surface area contributed by atoms with E-state index in [0.717, 1.165) is 44.3 Å². The lowest BCUT2D eigenvalue weighted by atomic mass is 10.1. The minimum Gasteiger partial charge on any atom is -0.495 e. The highest BCUT2D eigenvalue weighted by Gasteiger charge is 2.24. The number of nitrogens with zero attached hydrogens (tertiary/aromatic N) is 2. The Kier molecular flexibility index (Phi) is 7.69. The molecule has 0 saturated carbocycles. The van der Waals surface area contributed by atoms with E-state index in [0.29, 0.717) is 5.92 Å². The predicted octanol–water partition coefficient (Wildman–Crippen LogP) is 3.92. The van der Waals surface area contributed by atoms with Crippen molar-refractivity contribution in [1.29, 1.82) is 0 Å². The smallest absolute Gasteiger partial charge is 0.191 e. The lowest BCUT2D eigenvalue weighted by molar-refractivity contribution is 0.414. The Morgan fingerprint density at radius 2 is 2.07 bits per heavy atom. The molecule has 1 saturated heterocycles. The summed E-state index contributed by atoms with van der Waals surface area (Å²) < 4.78 is 5.52. The van der Waals surface area contributed by atoms with Gasteiger partial charge in [-0.15, -0.1) is 11.8 Å². The molecule has 0 aliphatic carbocycles. The van der Waals surface area contributed by atoms with Gasteiger partial charge in [-0.2, -0.15) is 0 Å². The zero-order valence-corrected chi connectivity index (χ0v) is 18.7. The van der Waals surface area contributed by atoms with Crippen LogP contribution in [-0.2, 0) is 6.54 Å². The van der Waals surface area contributed by atoms with Crippen LogP contribution >= 0.6 is 11.8 Å². The van der Waals surface area contributed by atoms with Crippen LogP contribution in [0.5, 0.6) is 5.75 Å². The van der Waals surface area contributed by atoms with Crippen LogP contribution in [-0.4, -0.2) is 46.0 Å². The molecule has 156 valence electrons. The first-order chi connectivity index (χ1) is 14.1. The number of guanidine groups is 1. The van der Waals surface area contributed by atoms with Gasteiger partial charge in [0.05, 0.1) is 12.8 Å². The fourth-order valence-electron chi connectivity index (χ4n) is 3.75. The minimum absolute atomic E-state index is 0.583. The number of aliphatic imine (C=N–C) groups is 1. The van der Waals surface area contributed by atoms with Crippen molar-refractivity contribution in [3.05, 3.63) is 53.6 Å². The summed E-state index contributed by atoms with van der Waals surface area (Å²) in [5.74, 6) is 2.38. The highest BCUT2D eigenvalue weighted by atomic mass is 32.2. The van der Waals surface area contributed by atoms with Gasteiger partial charge in [0, 0.05) is 38.1 Å². The Morgan fingerprint density at radius 3 is 2.83 bits per heavy atom. The van der Waals surface area contributed by atoms with Crippen LogP contribution in [0.3, 0.4) is 0 Å². The molecule has 2 aromatic carbocycles. The lowest BCUT2D eigenvalue weighted by Crippen LogP contribution is -2.40. The number of nitrogens with one attached hydrogen (secondary N) is 2. The molecule has 1 fully saturated rings. The maximum Gasteiger partial charge on any atom is 0.191 e. The number of anilines is 1. The van der Waals surface area contributed by atoms with Crippen molar-refractivity contribution in [3.63, 3.8) is 0 Å². The quantitative estimate of drug-likeness (QED) is 0.410. The number of benzene rings is 2. The van der Waals surface area contributed by atoms with E-state index < -0.39 is 0 Å². The van der Waals surface area contributed by atoms with Gasteiger partial charge in [0.15, 0.2) is 5.96 Å². The number of methoxy groups -OCH3 is 1. The standard InChI is InChI=1S/C23H32N4OS/c1-17-9-10-19(22(13-17)29-4)15-26-23(24-2)25-14-18-11-12-27(16-18)20-7-5-6-8-21(20)28-3/h5-10,13,18H,11-12,14-16H2,1-4H3,(H2,24,25,26). The van der Waals surface area contributed by atoms with E-state index in [9.17, 15) is 0 Å². The minimum atomic E-state index is 0.583. The highest BCUT2D eigenvalue weighted by molar-refractivity contribution is 7.98. The summed E-state index contributed by atoms with van der Waals surface area (Å²) in [6.07, 6.45) is 3.29. The molecule has 1 atom stereocenters. The largest absolute Gasteiger partial charge is 0.495 e. The van der Waals surface area contributed by atoms with E-state index in [-0.39, 0.29) is 0 Å². The molecule has 0 amide bonds. The maximum absolute atomic E-state index is 5.52. The number of aryl methyl sites for hydroxylation is 1. The van der Waals surface area contributed by atoms with Crippen LogP contribution in [0, 0.1) is 12.8 Å². The predicted molar refractivity (Wildman–Crippen MR) is 124 cm³/mol. The first-order valence-electron chi connectivity index (χ1n) is 10.1. The molecule has 29 heavy (non-hydrogen) atoms. The summed E-state index contributed by atoms with van der Waals surface area (Å²) in [6.45, 7) is 5.90. The second kappa shape index (κ2) is 10.4. The molecule has 0 radical (unpaired) electrons. The van der Waals surface area contributed by atoms with E-state index in [2.05, 4.69) is 64.0 Å². The van der Waals surface area contributed by atoms with Crippen molar-refractivity contribution >= 4 is 23.4 Å². The molecule has 0 aromatic heterocycles. The van der Waals surface area contributed by atoms with E-state index >= 15 is 0 Å². The first-order valence-corrected chi connectivity index (χ1v) is 11.3. The van der Waals surface area contributed by atoms with Crippen LogP contribution in [0.15, 0.2) is 52.4 Å². The molecule has 1 aliphatic heterocycles. The highest BCUT2D eigenvalue weighted by Crippen LogP contribution is 2.31. The Balaban J connectivity index is 1.50. The summed E-state index contributed by atoms with van der Waals surface area (Å²) in [5.41, 5.74) is 3.78.